The molecule has 0 spiro atoms. The highest BCUT2D eigenvalue weighted by Gasteiger charge is 2.08. The van der Waals surface area contributed by atoms with Crippen LogP contribution >= 0.6 is 0 Å². The fourth-order valence-corrected chi connectivity index (χ4v) is 1.82. The number of hydrogen-bond acceptors (Lipinski definition) is 4. The van der Waals surface area contributed by atoms with E-state index in [4.69, 9.17) is 10.3 Å². The van der Waals surface area contributed by atoms with Crippen LogP contribution in [0.15, 0.2) is 47.5 Å². The summed E-state index contributed by atoms with van der Waals surface area (Å²) in [4.78, 5) is 4.10. The number of rotatable bonds is 6. The Labute approximate surface area is 101 Å². The number of furan rings is 1. The molecule has 3 N–H and O–H groups in total. The van der Waals surface area contributed by atoms with Crippen molar-refractivity contribution in [1.29, 1.82) is 0 Å². The standard InChI is InChI=1S/C13H17N3O/c14-16-13(8-12-5-7-17-10-12)4-3-11-2-1-6-15-9-11/h1-2,5-7,9-10,13,16H,3-4,8,14H2. The minimum Gasteiger partial charge on any atom is -0.472 e. The zero-order valence-corrected chi connectivity index (χ0v) is 9.67. The molecule has 90 valence electrons. The average Bonchev–Trinajstić information content (AvgIpc) is 2.88. The minimum atomic E-state index is 0.257. The van der Waals surface area contributed by atoms with E-state index in [1.54, 1.807) is 18.7 Å². The summed E-state index contributed by atoms with van der Waals surface area (Å²) in [5.41, 5.74) is 5.25. The van der Waals surface area contributed by atoms with Crippen LogP contribution in [0, 0.1) is 0 Å². The summed E-state index contributed by atoms with van der Waals surface area (Å²) in [6.45, 7) is 0. The van der Waals surface area contributed by atoms with Gasteiger partial charge in [0.05, 0.1) is 12.5 Å². The van der Waals surface area contributed by atoms with Crippen molar-refractivity contribution in [2.45, 2.75) is 25.3 Å². The molecule has 0 fully saturated rings. The number of nitrogens with zero attached hydrogens (tertiary/aromatic N) is 1. The van der Waals surface area contributed by atoms with Crippen molar-refractivity contribution in [3.8, 4) is 0 Å². The highest BCUT2D eigenvalue weighted by Crippen LogP contribution is 2.09. The average molecular weight is 231 g/mol. The van der Waals surface area contributed by atoms with Crippen LogP contribution in [0.4, 0.5) is 0 Å². The number of aromatic nitrogens is 1. The quantitative estimate of drug-likeness (QED) is 0.586. The molecule has 0 aliphatic carbocycles. The van der Waals surface area contributed by atoms with E-state index in [9.17, 15) is 0 Å². The van der Waals surface area contributed by atoms with Crippen LogP contribution in [0.5, 0.6) is 0 Å². The van der Waals surface area contributed by atoms with Gasteiger partial charge in [0.25, 0.3) is 0 Å². The van der Waals surface area contributed by atoms with Gasteiger partial charge in [-0.1, -0.05) is 6.07 Å². The molecule has 1 atom stereocenters. The normalized spacial score (nSPS) is 12.5. The molecule has 2 rings (SSSR count). The maximum atomic E-state index is 5.56. The molecule has 0 aromatic carbocycles. The SMILES string of the molecule is NNC(CCc1cccnc1)Cc1ccoc1. The molecule has 2 heterocycles. The Morgan fingerprint density at radius 1 is 1.35 bits per heavy atom. The molecule has 0 saturated carbocycles. The lowest BCUT2D eigenvalue weighted by Crippen LogP contribution is -2.37. The molecular weight excluding hydrogens is 214 g/mol. The Kier molecular flexibility index (Phi) is 4.30. The van der Waals surface area contributed by atoms with Crippen LogP contribution in [-0.2, 0) is 12.8 Å². The fraction of sp³-hybridized carbons (Fsp3) is 0.308. The fourth-order valence-electron chi connectivity index (χ4n) is 1.82. The van der Waals surface area contributed by atoms with E-state index in [0.717, 1.165) is 19.3 Å². The van der Waals surface area contributed by atoms with Crippen LogP contribution in [0.25, 0.3) is 0 Å². The molecule has 0 saturated heterocycles. The summed E-state index contributed by atoms with van der Waals surface area (Å²) in [6.07, 6.45) is 9.96. The van der Waals surface area contributed by atoms with Gasteiger partial charge in [-0.2, -0.15) is 0 Å². The number of pyridine rings is 1. The molecule has 2 aromatic rings. The van der Waals surface area contributed by atoms with Crippen LogP contribution in [0.2, 0.25) is 0 Å². The van der Waals surface area contributed by atoms with Crippen molar-refractivity contribution in [2.75, 3.05) is 0 Å². The lowest BCUT2D eigenvalue weighted by Gasteiger charge is -2.14. The molecule has 0 aliphatic heterocycles. The first kappa shape index (κ1) is 11.8. The van der Waals surface area contributed by atoms with Crippen molar-refractivity contribution < 1.29 is 4.42 Å². The predicted octanol–water partition coefficient (Wildman–Crippen LogP) is 1.68. The first-order chi connectivity index (χ1) is 8.38. The Bertz CT molecular complexity index is 413. The number of aryl methyl sites for hydroxylation is 1. The van der Waals surface area contributed by atoms with E-state index in [0.29, 0.717) is 0 Å². The van der Waals surface area contributed by atoms with Gasteiger partial charge in [0.1, 0.15) is 0 Å². The molecule has 0 radical (unpaired) electrons. The lowest BCUT2D eigenvalue weighted by atomic mass is 10.0. The zero-order chi connectivity index (χ0) is 11.9. The second-order valence-corrected chi connectivity index (χ2v) is 4.10. The second kappa shape index (κ2) is 6.18. The summed E-state index contributed by atoms with van der Waals surface area (Å²) in [6, 6.07) is 6.26. The Morgan fingerprint density at radius 3 is 2.94 bits per heavy atom. The first-order valence-electron chi connectivity index (χ1n) is 5.74. The van der Waals surface area contributed by atoms with Gasteiger partial charge in [0.15, 0.2) is 0 Å². The Balaban J connectivity index is 1.84. The van der Waals surface area contributed by atoms with E-state index in [1.807, 2.05) is 18.3 Å². The van der Waals surface area contributed by atoms with Crippen LogP contribution in [0.1, 0.15) is 17.5 Å². The van der Waals surface area contributed by atoms with Gasteiger partial charge in [0.2, 0.25) is 0 Å². The van der Waals surface area contributed by atoms with Gasteiger partial charge in [0, 0.05) is 18.4 Å². The molecule has 4 heteroatoms. The zero-order valence-electron chi connectivity index (χ0n) is 9.67. The molecule has 0 aliphatic rings. The maximum Gasteiger partial charge on any atom is 0.0935 e. The van der Waals surface area contributed by atoms with Crippen molar-refractivity contribution in [2.24, 2.45) is 5.84 Å². The number of nitrogens with one attached hydrogen (secondary N) is 1. The van der Waals surface area contributed by atoms with E-state index in [2.05, 4.69) is 16.5 Å². The van der Waals surface area contributed by atoms with Gasteiger partial charge >= 0.3 is 0 Å². The van der Waals surface area contributed by atoms with E-state index in [-0.39, 0.29) is 6.04 Å². The van der Waals surface area contributed by atoms with E-state index in [1.165, 1.54) is 11.1 Å². The smallest absolute Gasteiger partial charge is 0.0935 e. The second-order valence-electron chi connectivity index (χ2n) is 4.10. The number of nitrogens with two attached hydrogens (primary N) is 1. The van der Waals surface area contributed by atoms with Gasteiger partial charge in [-0.25, -0.2) is 0 Å². The van der Waals surface area contributed by atoms with Gasteiger partial charge in [-0.15, -0.1) is 0 Å². The van der Waals surface area contributed by atoms with Crippen molar-refractivity contribution in [3.05, 3.63) is 54.2 Å². The van der Waals surface area contributed by atoms with Gasteiger partial charge in [-0.05, 0) is 42.5 Å². The third-order valence-corrected chi connectivity index (χ3v) is 2.80. The molecule has 0 bridgehead atoms. The molecule has 1 unspecified atom stereocenters. The maximum absolute atomic E-state index is 5.56. The predicted molar refractivity (Wildman–Crippen MR) is 66.1 cm³/mol. The van der Waals surface area contributed by atoms with Crippen LogP contribution < -0.4 is 11.3 Å². The summed E-state index contributed by atoms with van der Waals surface area (Å²) < 4.78 is 5.04. The highest BCUT2D eigenvalue weighted by molar-refractivity contribution is 5.10. The lowest BCUT2D eigenvalue weighted by molar-refractivity contribution is 0.487. The van der Waals surface area contributed by atoms with Gasteiger partial charge in [-0.3, -0.25) is 16.3 Å². The van der Waals surface area contributed by atoms with E-state index < -0.39 is 0 Å². The van der Waals surface area contributed by atoms with Crippen LogP contribution in [-0.4, -0.2) is 11.0 Å². The summed E-state index contributed by atoms with van der Waals surface area (Å²) in [7, 11) is 0. The van der Waals surface area contributed by atoms with Crippen molar-refractivity contribution in [3.63, 3.8) is 0 Å². The summed E-state index contributed by atoms with van der Waals surface area (Å²) in [5.74, 6) is 5.56. The third-order valence-electron chi connectivity index (χ3n) is 2.80. The topological polar surface area (TPSA) is 64.1 Å². The Hall–Kier alpha value is -1.65. The molecule has 2 aromatic heterocycles. The van der Waals surface area contributed by atoms with E-state index >= 15 is 0 Å². The summed E-state index contributed by atoms with van der Waals surface area (Å²) in [5, 5.41) is 0. The van der Waals surface area contributed by atoms with Gasteiger partial charge < -0.3 is 4.42 Å². The molecule has 4 nitrogen and oxygen atoms in total. The third kappa shape index (κ3) is 3.69. The monoisotopic (exact) mass is 231 g/mol. The minimum absolute atomic E-state index is 0.257. The molecule has 17 heavy (non-hydrogen) atoms. The highest BCUT2D eigenvalue weighted by atomic mass is 16.3. The first-order valence-corrected chi connectivity index (χ1v) is 5.74. The number of hydrazine groups is 1. The van der Waals surface area contributed by atoms with Crippen molar-refractivity contribution in [1.82, 2.24) is 10.4 Å². The van der Waals surface area contributed by atoms with Crippen LogP contribution in [0.3, 0.4) is 0 Å². The molecule has 0 amide bonds. The number of hydrogen-bond donors (Lipinski definition) is 2. The Morgan fingerprint density at radius 2 is 2.29 bits per heavy atom. The summed E-state index contributed by atoms with van der Waals surface area (Å²) >= 11 is 0. The molecular formula is C13H17N3O. The largest absolute Gasteiger partial charge is 0.472 e. The van der Waals surface area contributed by atoms with Crippen molar-refractivity contribution >= 4 is 0 Å².